The van der Waals surface area contributed by atoms with Gasteiger partial charge in [-0.3, -0.25) is 14.6 Å². The minimum Gasteiger partial charge on any atom is -0.370 e. The molecule has 9 N–H and O–H groups in total. The van der Waals surface area contributed by atoms with Gasteiger partial charge in [-0.05, 0) is 18.4 Å². The van der Waals surface area contributed by atoms with Gasteiger partial charge in [0.25, 0.3) is 0 Å². The van der Waals surface area contributed by atoms with Crippen molar-refractivity contribution in [2.75, 3.05) is 6.54 Å². The monoisotopic (exact) mass is 472 g/mol. The van der Waals surface area contributed by atoms with Crippen LogP contribution in [0.25, 0.3) is 0 Å². The lowest BCUT2D eigenvalue weighted by Crippen LogP contribution is -2.52. The summed E-state index contributed by atoms with van der Waals surface area (Å²) in [5.74, 6) is -0.720. The summed E-state index contributed by atoms with van der Waals surface area (Å²) in [5, 5.41) is 5.57. The van der Waals surface area contributed by atoms with Crippen LogP contribution in [0.15, 0.2) is 47.8 Å². The summed E-state index contributed by atoms with van der Waals surface area (Å²) < 4.78 is 0. The summed E-state index contributed by atoms with van der Waals surface area (Å²) in [5.41, 5.74) is 18.3. The fourth-order valence-corrected chi connectivity index (χ4v) is 2.69. The Kier molecular flexibility index (Phi) is 13.7. The Bertz CT molecular complexity index is 799. The van der Waals surface area contributed by atoms with Crippen LogP contribution in [0.5, 0.6) is 0 Å². The molecule has 0 aliphatic rings. The summed E-state index contributed by atoms with van der Waals surface area (Å²) in [4.78, 5) is 35.8. The number of halogens is 2. The van der Waals surface area contributed by atoms with Crippen molar-refractivity contribution in [1.82, 2.24) is 20.6 Å². The summed E-state index contributed by atoms with van der Waals surface area (Å²) in [6, 6.07) is 7.96. The lowest BCUT2D eigenvalue weighted by Gasteiger charge is -2.20. The van der Waals surface area contributed by atoms with Crippen LogP contribution in [0.2, 0.25) is 0 Å². The molecular formula is C19H30Cl2N8O2. The Balaban J connectivity index is 0.00000450. The van der Waals surface area contributed by atoms with E-state index >= 15 is 0 Å². The molecule has 0 saturated heterocycles. The normalized spacial score (nSPS) is 11.8. The second-order valence-corrected chi connectivity index (χ2v) is 6.60. The van der Waals surface area contributed by atoms with Crippen molar-refractivity contribution in [3.63, 3.8) is 0 Å². The fraction of sp³-hybridized carbons (Fsp3) is 0.368. The molecule has 2 amide bonds. The lowest BCUT2D eigenvalue weighted by atomic mass is 10.1. The van der Waals surface area contributed by atoms with Crippen LogP contribution in [0, 0.1) is 0 Å². The third kappa shape index (κ3) is 10.7. The van der Waals surface area contributed by atoms with E-state index in [1.54, 1.807) is 6.20 Å². The van der Waals surface area contributed by atoms with Crippen LogP contribution < -0.4 is 27.8 Å². The Hall–Kier alpha value is -2.82. The topological polar surface area (TPSA) is 177 Å². The number of carbonyl (C=O) groups is 2. The predicted molar refractivity (Wildman–Crippen MR) is 125 cm³/mol. The molecule has 0 saturated carbocycles. The first-order valence-corrected chi connectivity index (χ1v) is 9.36. The standard InChI is InChI=1S/C19H28N8O2.2ClH/c20-15(9-14-11-23-12-26-14)17(28)27-16(7-4-8-24-19(21)22)18(29)25-10-13-5-2-1-3-6-13;;/h1-3,5-6,11-12,15-16H,4,7-10,20H2,(H,23,26)(H,25,29)(H,27,28)(H4,21,22,24);2*1H/t15-,16-;;/m0../s1. The summed E-state index contributed by atoms with van der Waals surface area (Å²) >= 11 is 0. The average molecular weight is 473 g/mol. The van der Waals surface area contributed by atoms with E-state index in [9.17, 15) is 9.59 Å². The molecule has 2 aromatic rings. The molecule has 0 fully saturated rings. The van der Waals surface area contributed by atoms with E-state index in [4.69, 9.17) is 17.2 Å². The number of amides is 2. The zero-order valence-electron chi connectivity index (χ0n) is 17.0. The maximum atomic E-state index is 12.7. The maximum Gasteiger partial charge on any atom is 0.242 e. The van der Waals surface area contributed by atoms with Crippen molar-refractivity contribution in [2.24, 2.45) is 22.2 Å². The van der Waals surface area contributed by atoms with Gasteiger partial charge in [-0.25, -0.2) is 4.98 Å². The number of aromatic nitrogens is 2. The van der Waals surface area contributed by atoms with E-state index in [1.165, 1.54) is 6.33 Å². The number of aromatic amines is 1. The molecule has 2 atom stereocenters. The third-order valence-corrected chi connectivity index (χ3v) is 4.22. The second-order valence-electron chi connectivity index (χ2n) is 6.60. The number of carbonyl (C=O) groups excluding carboxylic acids is 2. The number of imidazole rings is 1. The molecule has 0 spiro atoms. The smallest absolute Gasteiger partial charge is 0.242 e. The van der Waals surface area contributed by atoms with E-state index in [1.807, 2.05) is 30.3 Å². The molecule has 172 valence electrons. The minimum atomic E-state index is -0.808. The van der Waals surface area contributed by atoms with Crippen LogP contribution in [0.1, 0.15) is 24.1 Å². The predicted octanol–water partition coefficient (Wildman–Crippen LogP) is -0.0221. The molecule has 1 aromatic heterocycles. The maximum absolute atomic E-state index is 12.7. The molecule has 2 rings (SSSR count). The van der Waals surface area contributed by atoms with Crippen molar-refractivity contribution < 1.29 is 9.59 Å². The quantitative estimate of drug-likeness (QED) is 0.152. The van der Waals surface area contributed by atoms with Crippen LogP contribution in [0.4, 0.5) is 0 Å². The number of rotatable bonds is 11. The van der Waals surface area contributed by atoms with Crippen molar-refractivity contribution >= 4 is 42.6 Å². The summed E-state index contributed by atoms with van der Waals surface area (Å²) in [6.45, 7) is 0.723. The molecule has 1 aromatic carbocycles. The first-order chi connectivity index (χ1) is 14.0. The first kappa shape index (κ1) is 28.2. The summed E-state index contributed by atoms with van der Waals surface area (Å²) in [7, 11) is 0. The van der Waals surface area contributed by atoms with Crippen LogP contribution in [-0.2, 0) is 22.6 Å². The van der Waals surface area contributed by atoms with Gasteiger partial charge in [-0.15, -0.1) is 24.8 Å². The van der Waals surface area contributed by atoms with Gasteiger partial charge in [-0.2, -0.15) is 0 Å². The number of hydrogen-bond donors (Lipinski definition) is 6. The molecule has 12 heteroatoms. The van der Waals surface area contributed by atoms with Crippen molar-refractivity contribution in [3.05, 3.63) is 54.1 Å². The van der Waals surface area contributed by atoms with Gasteiger partial charge in [0.1, 0.15) is 6.04 Å². The van der Waals surface area contributed by atoms with E-state index in [0.717, 1.165) is 11.3 Å². The highest BCUT2D eigenvalue weighted by Gasteiger charge is 2.23. The molecule has 31 heavy (non-hydrogen) atoms. The highest BCUT2D eigenvalue weighted by Crippen LogP contribution is 2.03. The van der Waals surface area contributed by atoms with E-state index in [0.29, 0.717) is 25.9 Å². The number of nitrogens with one attached hydrogen (secondary N) is 3. The van der Waals surface area contributed by atoms with Gasteiger partial charge in [0, 0.05) is 31.4 Å². The zero-order valence-corrected chi connectivity index (χ0v) is 18.6. The third-order valence-electron chi connectivity index (χ3n) is 4.22. The van der Waals surface area contributed by atoms with Crippen LogP contribution >= 0.6 is 24.8 Å². The number of H-pyrrole nitrogens is 1. The molecule has 0 aliphatic carbocycles. The first-order valence-electron chi connectivity index (χ1n) is 9.36. The van der Waals surface area contributed by atoms with Crippen molar-refractivity contribution in [3.8, 4) is 0 Å². The molecular weight excluding hydrogens is 443 g/mol. The van der Waals surface area contributed by atoms with Gasteiger partial charge in [0.2, 0.25) is 11.8 Å². The zero-order chi connectivity index (χ0) is 21.1. The number of hydrogen-bond acceptors (Lipinski definition) is 5. The van der Waals surface area contributed by atoms with Gasteiger partial charge in [0.15, 0.2) is 5.96 Å². The molecule has 0 aliphatic heterocycles. The second kappa shape index (κ2) is 15.1. The van der Waals surface area contributed by atoms with Crippen LogP contribution in [-0.4, -0.2) is 46.4 Å². The minimum absolute atomic E-state index is 0. The van der Waals surface area contributed by atoms with Crippen LogP contribution in [0.3, 0.4) is 0 Å². The lowest BCUT2D eigenvalue weighted by molar-refractivity contribution is -0.129. The molecule has 10 nitrogen and oxygen atoms in total. The number of benzene rings is 1. The van der Waals surface area contributed by atoms with E-state index in [-0.39, 0.29) is 43.1 Å². The number of nitrogens with two attached hydrogens (primary N) is 3. The number of nitrogens with zero attached hydrogens (tertiary/aromatic N) is 2. The van der Waals surface area contributed by atoms with E-state index < -0.39 is 18.0 Å². The highest BCUT2D eigenvalue weighted by atomic mass is 35.5. The summed E-state index contributed by atoms with van der Waals surface area (Å²) in [6.07, 6.45) is 4.31. The Morgan fingerprint density at radius 1 is 1.13 bits per heavy atom. The fourth-order valence-electron chi connectivity index (χ4n) is 2.69. The van der Waals surface area contributed by atoms with Gasteiger partial charge >= 0.3 is 0 Å². The Morgan fingerprint density at radius 2 is 1.84 bits per heavy atom. The molecule has 0 unspecified atom stereocenters. The Morgan fingerprint density at radius 3 is 2.45 bits per heavy atom. The molecule has 0 bridgehead atoms. The van der Waals surface area contributed by atoms with Gasteiger partial charge in [-0.1, -0.05) is 30.3 Å². The highest BCUT2D eigenvalue weighted by molar-refractivity contribution is 5.89. The van der Waals surface area contributed by atoms with Gasteiger partial charge in [0.05, 0.1) is 12.4 Å². The molecule has 1 heterocycles. The van der Waals surface area contributed by atoms with E-state index in [2.05, 4.69) is 25.6 Å². The number of guanidine groups is 1. The van der Waals surface area contributed by atoms with Crippen molar-refractivity contribution in [2.45, 2.75) is 37.9 Å². The SMILES string of the molecule is Cl.Cl.NC(N)=NCCC[C@H](NC(=O)[C@@H](N)Cc1cnc[nH]1)C(=O)NCc1ccccc1. The number of aliphatic imine (C=N–C) groups is 1. The molecule has 0 radical (unpaired) electrons. The largest absolute Gasteiger partial charge is 0.370 e. The van der Waals surface area contributed by atoms with Gasteiger partial charge < -0.3 is 32.8 Å². The average Bonchev–Trinajstić information content (AvgIpc) is 3.21. The Labute approximate surface area is 193 Å². The van der Waals surface area contributed by atoms with Crippen molar-refractivity contribution in [1.29, 1.82) is 0 Å².